The third-order valence-corrected chi connectivity index (χ3v) is 8.48. The molecule has 7 atom stereocenters. The molecule has 0 bridgehead atoms. The zero-order valence-corrected chi connectivity index (χ0v) is 25.5. The van der Waals surface area contributed by atoms with Crippen molar-refractivity contribution in [2.75, 3.05) is 18.1 Å². The van der Waals surface area contributed by atoms with Crippen molar-refractivity contribution in [2.45, 2.75) is 69.8 Å². The minimum Gasteiger partial charge on any atom is -0.391 e. The SMILES string of the molecule is CC(=O)NC1C(O)CC(C(=O)[N+](=O)C(O)CCSCCC=O)OC1C(C)C(O)CNC(=O)c1ccc(-c2ccccc2)cc1. The van der Waals surface area contributed by atoms with Crippen LogP contribution in [0.1, 0.15) is 43.5 Å². The zero-order chi connectivity index (χ0) is 32.2. The summed E-state index contributed by atoms with van der Waals surface area (Å²) in [6.07, 6.45) is -5.99. The van der Waals surface area contributed by atoms with E-state index >= 15 is 0 Å². The lowest BCUT2D eigenvalue weighted by atomic mass is 9.85. The van der Waals surface area contributed by atoms with E-state index in [4.69, 9.17) is 4.74 Å². The third-order valence-electron chi connectivity index (χ3n) is 7.43. The first-order valence-electron chi connectivity index (χ1n) is 14.5. The van der Waals surface area contributed by atoms with Crippen molar-refractivity contribution in [3.63, 3.8) is 0 Å². The number of hydrogen-bond donors (Lipinski definition) is 5. The highest BCUT2D eigenvalue weighted by molar-refractivity contribution is 7.99. The van der Waals surface area contributed by atoms with Crippen LogP contribution in [-0.4, -0.2) is 98.8 Å². The fourth-order valence-corrected chi connectivity index (χ4v) is 5.76. The number of aldehydes is 1. The predicted octanol–water partition coefficient (Wildman–Crippen LogP) is 1.44. The van der Waals surface area contributed by atoms with Crippen molar-refractivity contribution >= 4 is 35.8 Å². The van der Waals surface area contributed by atoms with Crippen LogP contribution in [0.3, 0.4) is 0 Å². The van der Waals surface area contributed by atoms with Crippen LogP contribution in [0.25, 0.3) is 11.1 Å². The molecule has 0 aromatic heterocycles. The van der Waals surface area contributed by atoms with E-state index < -0.39 is 60.3 Å². The first-order chi connectivity index (χ1) is 21.0. The second-order valence-corrected chi connectivity index (χ2v) is 11.9. The highest BCUT2D eigenvalue weighted by atomic mass is 32.2. The van der Waals surface area contributed by atoms with Crippen LogP contribution < -0.4 is 10.6 Å². The Labute approximate surface area is 260 Å². The maximum atomic E-state index is 12.9. The predicted molar refractivity (Wildman–Crippen MR) is 164 cm³/mol. The molecule has 7 unspecified atom stereocenters. The van der Waals surface area contributed by atoms with E-state index in [0.717, 1.165) is 17.4 Å². The Morgan fingerprint density at radius 3 is 2.36 bits per heavy atom. The fraction of sp³-hybridized carbons (Fsp3) is 0.484. The summed E-state index contributed by atoms with van der Waals surface area (Å²) >= 11 is 1.35. The number of benzene rings is 2. The molecule has 44 heavy (non-hydrogen) atoms. The number of nitroso groups, excluding NO2 is 1. The quantitative estimate of drug-likeness (QED) is 0.0836. The smallest absolute Gasteiger partial charge is 0.391 e. The number of amides is 3. The van der Waals surface area contributed by atoms with Crippen molar-refractivity contribution in [1.29, 1.82) is 0 Å². The van der Waals surface area contributed by atoms with Gasteiger partial charge in [0.1, 0.15) is 11.0 Å². The molecule has 13 heteroatoms. The molecule has 238 valence electrons. The molecule has 2 aromatic carbocycles. The molecule has 1 saturated heterocycles. The Bertz CT molecular complexity index is 1280. The summed E-state index contributed by atoms with van der Waals surface area (Å²) in [6.45, 7) is 2.62. The van der Waals surface area contributed by atoms with Crippen LogP contribution in [0.15, 0.2) is 54.6 Å². The fourth-order valence-electron chi connectivity index (χ4n) is 4.91. The molecule has 0 spiro atoms. The molecule has 0 aliphatic carbocycles. The number of aliphatic hydroxyl groups excluding tert-OH is 3. The van der Waals surface area contributed by atoms with E-state index in [0.29, 0.717) is 23.5 Å². The van der Waals surface area contributed by atoms with Gasteiger partial charge in [0.15, 0.2) is 6.10 Å². The van der Waals surface area contributed by atoms with Crippen LogP contribution in [-0.2, 0) is 19.1 Å². The topological polar surface area (TPSA) is 182 Å². The number of ether oxygens (including phenoxy) is 1. The minimum absolute atomic E-state index is 0.0320. The van der Waals surface area contributed by atoms with Gasteiger partial charge in [0.25, 0.3) is 5.91 Å². The van der Waals surface area contributed by atoms with Crippen LogP contribution >= 0.6 is 11.8 Å². The summed E-state index contributed by atoms with van der Waals surface area (Å²) in [5.74, 6) is -1.96. The number of rotatable bonds is 15. The molecule has 1 aliphatic rings. The Hall–Kier alpha value is -3.49. The Kier molecular flexibility index (Phi) is 13.6. The van der Waals surface area contributed by atoms with Crippen molar-refractivity contribution in [1.82, 2.24) is 10.6 Å². The number of hydrogen-bond acceptors (Lipinski definition) is 10. The lowest BCUT2D eigenvalue weighted by molar-refractivity contribution is -0.558. The molecule has 1 aliphatic heterocycles. The highest BCUT2D eigenvalue weighted by Crippen LogP contribution is 2.28. The van der Waals surface area contributed by atoms with Crippen molar-refractivity contribution < 1.29 is 44.0 Å². The maximum absolute atomic E-state index is 12.9. The molecule has 1 fully saturated rings. The average Bonchev–Trinajstić information content (AvgIpc) is 3.03. The summed E-state index contributed by atoms with van der Waals surface area (Å²) in [6, 6.07) is 15.6. The Morgan fingerprint density at radius 1 is 1.07 bits per heavy atom. The second kappa shape index (κ2) is 17.1. The molecule has 3 amide bonds. The molecule has 0 saturated carbocycles. The molecule has 1 heterocycles. The number of carbonyl (C=O) groups excluding carboxylic acids is 4. The van der Waals surface area contributed by atoms with Gasteiger partial charge in [-0.05, 0) is 29.0 Å². The summed E-state index contributed by atoms with van der Waals surface area (Å²) in [5, 5.41) is 37.3. The summed E-state index contributed by atoms with van der Waals surface area (Å²) in [7, 11) is 0. The average molecular weight is 631 g/mol. The van der Waals surface area contributed by atoms with Crippen LogP contribution in [0.4, 0.5) is 0 Å². The van der Waals surface area contributed by atoms with Gasteiger partial charge < -0.3 is 35.5 Å². The van der Waals surface area contributed by atoms with E-state index in [2.05, 4.69) is 10.6 Å². The van der Waals surface area contributed by atoms with Gasteiger partial charge in [-0.2, -0.15) is 11.8 Å². The maximum Gasteiger partial charge on any atom is 0.464 e. The Morgan fingerprint density at radius 2 is 1.73 bits per heavy atom. The van der Waals surface area contributed by atoms with E-state index in [1.54, 1.807) is 19.1 Å². The number of carbonyl (C=O) groups is 4. The summed E-state index contributed by atoms with van der Waals surface area (Å²) < 4.78 is 5.80. The monoisotopic (exact) mass is 630 g/mol. The first-order valence-corrected chi connectivity index (χ1v) is 15.6. The first kappa shape index (κ1) is 35.0. The lowest BCUT2D eigenvalue weighted by Crippen LogP contribution is -2.62. The van der Waals surface area contributed by atoms with Gasteiger partial charge in [-0.3, -0.25) is 9.59 Å². The van der Waals surface area contributed by atoms with Crippen molar-refractivity contribution in [2.24, 2.45) is 5.92 Å². The van der Waals surface area contributed by atoms with Crippen LogP contribution in [0.5, 0.6) is 0 Å². The van der Waals surface area contributed by atoms with Gasteiger partial charge in [0.2, 0.25) is 5.91 Å². The molecular formula is C31H40N3O9S+. The second-order valence-electron chi connectivity index (χ2n) is 10.7. The molecule has 2 aromatic rings. The van der Waals surface area contributed by atoms with E-state index in [1.165, 1.54) is 18.7 Å². The molecule has 3 rings (SSSR count). The molecular weight excluding hydrogens is 590 g/mol. The van der Waals surface area contributed by atoms with Crippen LogP contribution in [0, 0.1) is 10.8 Å². The van der Waals surface area contributed by atoms with Crippen molar-refractivity contribution in [3.8, 4) is 11.1 Å². The Balaban J connectivity index is 1.63. The van der Waals surface area contributed by atoms with Gasteiger partial charge in [0, 0.05) is 48.5 Å². The highest BCUT2D eigenvalue weighted by Gasteiger charge is 2.49. The lowest BCUT2D eigenvalue weighted by Gasteiger charge is -2.42. The number of nitrogens with one attached hydrogen (secondary N) is 2. The number of nitrogens with zero attached hydrogens (tertiary/aromatic N) is 1. The number of thioether (sulfide) groups is 1. The van der Waals surface area contributed by atoms with Gasteiger partial charge in [-0.25, -0.2) is 4.79 Å². The third kappa shape index (κ3) is 9.76. The van der Waals surface area contributed by atoms with Gasteiger partial charge in [0.05, 0.1) is 30.8 Å². The zero-order valence-electron chi connectivity index (χ0n) is 24.7. The largest absolute Gasteiger partial charge is 0.464 e. The normalized spacial score (nSPS) is 21.8. The van der Waals surface area contributed by atoms with Gasteiger partial charge in [-0.15, -0.1) is 0 Å². The summed E-state index contributed by atoms with van der Waals surface area (Å²) in [4.78, 5) is 60.6. The van der Waals surface area contributed by atoms with E-state index in [9.17, 15) is 39.4 Å². The molecule has 12 nitrogen and oxygen atoms in total. The molecule has 0 radical (unpaired) electrons. The standard InChI is InChI=1S/C31H39N3O9S/c1-19(25(38)18-32-30(40)23-11-9-22(10-12-23)21-7-4-3-5-8-21)29-28(33-20(2)36)24(37)17-26(43-29)31(41)34(42)27(39)13-16-44-15-6-14-35/h3-5,7-12,14,19,24-29,37-39H,6,13,15-18H2,1-2H3,(H-,32,33,36,40)/p+1. The van der Waals surface area contributed by atoms with Crippen LogP contribution in [0.2, 0.25) is 0 Å². The van der Waals surface area contributed by atoms with E-state index in [-0.39, 0.29) is 24.1 Å². The van der Waals surface area contributed by atoms with E-state index in [1.807, 2.05) is 42.5 Å². The van der Waals surface area contributed by atoms with Gasteiger partial charge >= 0.3 is 12.1 Å². The molecule has 5 N–H and O–H groups in total. The van der Waals surface area contributed by atoms with Gasteiger partial charge in [-0.1, -0.05) is 49.4 Å². The summed E-state index contributed by atoms with van der Waals surface area (Å²) in [5.41, 5.74) is 2.32. The van der Waals surface area contributed by atoms with Crippen molar-refractivity contribution in [3.05, 3.63) is 65.1 Å². The minimum atomic E-state index is -1.65. The number of aliphatic hydroxyl groups is 3.